The number of carbonyl (C=O) groups excluding carboxylic acids is 2. The first-order valence-electron chi connectivity index (χ1n) is 10.3. The molecule has 0 aliphatic carbocycles. The van der Waals surface area contributed by atoms with Crippen molar-refractivity contribution in [2.45, 2.75) is 43.8 Å². The van der Waals surface area contributed by atoms with Gasteiger partial charge < -0.3 is 26.2 Å². The van der Waals surface area contributed by atoms with E-state index < -0.39 is 24.0 Å². The number of nitrogens with one attached hydrogen (secondary N) is 3. The molecular weight excluding hydrogens is 398 g/mol. The molecule has 164 valence electrons. The lowest BCUT2D eigenvalue weighted by atomic mass is 10.0. The van der Waals surface area contributed by atoms with Gasteiger partial charge in [0.1, 0.15) is 17.8 Å². The Morgan fingerprint density at radius 2 is 1.58 bits per heavy atom. The van der Waals surface area contributed by atoms with Crippen LogP contribution in [0.5, 0.6) is 5.75 Å². The highest BCUT2D eigenvalue weighted by molar-refractivity contribution is 5.92. The molecule has 3 rings (SSSR count). The Balaban J connectivity index is 1.72. The van der Waals surface area contributed by atoms with Gasteiger partial charge in [0, 0.05) is 12.8 Å². The average Bonchev–Trinajstić information content (AvgIpc) is 3.30. The zero-order valence-electron chi connectivity index (χ0n) is 17.1. The molecule has 1 aliphatic rings. The quantitative estimate of drug-likeness (QED) is 0.408. The van der Waals surface area contributed by atoms with Gasteiger partial charge in [0.05, 0.1) is 6.04 Å². The molecule has 2 amide bonds. The molecule has 0 unspecified atom stereocenters. The third-order valence-corrected chi connectivity index (χ3v) is 5.28. The van der Waals surface area contributed by atoms with E-state index in [0.29, 0.717) is 12.0 Å². The van der Waals surface area contributed by atoms with Crippen LogP contribution in [0.1, 0.15) is 24.0 Å². The third kappa shape index (κ3) is 6.55. The monoisotopic (exact) mass is 425 g/mol. The number of carbonyl (C=O) groups is 3. The highest BCUT2D eigenvalue weighted by Crippen LogP contribution is 2.12. The fourth-order valence-electron chi connectivity index (χ4n) is 3.58. The van der Waals surface area contributed by atoms with E-state index in [0.717, 1.165) is 18.5 Å². The van der Waals surface area contributed by atoms with E-state index in [1.807, 2.05) is 30.3 Å². The van der Waals surface area contributed by atoms with Gasteiger partial charge in [-0.05, 0) is 42.6 Å². The number of carboxylic acids is 1. The Hall–Kier alpha value is -3.39. The fraction of sp³-hybridized carbons (Fsp3) is 0.348. The van der Waals surface area contributed by atoms with Gasteiger partial charge in [-0.25, -0.2) is 4.79 Å². The maximum atomic E-state index is 13.0. The first kappa shape index (κ1) is 22.3. The van der Waals surface area contributed by atoms with Crippen LogP contribution < -0.4 is 16.0 Å². The summed E-state index contributed by atoms with van der Waals surface area (Å²) in [7, 11) is 0. The standard InChI is InChI=1S/C23H27N3O5/c27-17-10-8-16(9-11-17)14-20(23(30)31)26-22(29)19(13-15-5-2-1-3-6-15)25-21(28)18-7-4-12-24-18/h1-3,5-6,8-11,18-20,24,27H,4,7,12-14H2,(H,25,28)(H,26,29)(H,30,31)/t18-,19-,20-/m0/s1. The molecular formula is C23H27N3O5. The van der Waals surface area contributed by atoms with E-state index in [4.69, 9.17) is 0 Å². The normalized spacial score (nSPS) is 17.5. The van der Waals surface area contributed by atoms with E-state index in [1.54, 1.807) is 12.1 Å². The summed E-state index contributed by atoms with van der Waals surface area (Å²) in [5.74, 6) is -1.92. The van der Waals surface area contributed by atoms with Crippen LogP contribution in [0, 0.1) is 0 Å². The molecule has 3 atom stereocenters. The zero-order valence-corrected chi connectivity index (χ0v) is 17.1. The smallest absolute Gasteiger partial charge is 0.326 e. The summed E-state index contributed by atoms with van der Waals surface area (Å²) in [6.07, 6.45) is 1.89. The summed E-state index contributed by atoms with van der Waals surface area (Å²) in [5, 5.41) is 27.4. The van der Waals surface area contributed by atoms with Gasteiger partial charge in [-0.2, -0.15) is 0 Å². The number of aromatic hydroxyl groups is 1. The summed E-state index contributed by atoms with van der Waals surface area (Å²) in [5.41, 5.74) is 1.51. The Kier molecular flexibility index (Phi) is 7.61. The van der Waals surface area contributed by atoms with E-state index in [9.17, 15) is 24.6 Å². The van der Waals surface area contributed by atoms with E-state index in [-0.39, 0.29) is 30.5 Å². The van der Waals surface area contributed by atoms with Crippen LogP contribution in [0.4, 0.5) is 0 Å². The number of aliphatic carboxylic acids is 1. The van der Waals surface area contributed by atoms with E-state index >= 15 is 0 Å². The number of hydrogen-bond donors (Lipinski definition) is 5. The van der Waals surface area contributed by atoms with Crippen molar-refractivity contribution >= 4 is 17.8 Å². The summed E-state index contributed by atoms with van der Waals surface area (Å²) >= 11 is 0. The van der Waals surface area contributed by atoms with Crippen LogP contribution in [0.15, 0.2) is 54.6 Å². The van der Waals surface area contributed by atoms with Gasteiger partial charge in [0.2, 0.25) is 11.8 Å². The first-order valence-corrected chi connectivity index (χ1v) is 10.3. The number of rotatable bonds is 9. The molecule has 0 spiro atoms. The lowest BCUT2D eigenvalue weighted by molar-refractivity contribution is -0.142. The molecule has 1 heterocycles. The van der Waals surface area contributed by atoms with Gasteiger partial charge in [0.25, 0.3) is 0 Å². The van der Waals surface area contributed by atoms with E-state index in [2.05, 4.69) is 16.0 Å². The molecule has 0 bridgehead atoms. The molecule has 2 aromatic rings. The minimum absolute atomic E-state index is 0.0531. The maximum absolute atomic E-state index is 13.0. The van der Waals surface area contributed by atoms with Crippen molar-refractivity contribution in [1.29, 1.82) is 0 Å². The lowest BCUT2D eigenvalue weighted by Crippen LogP contribution is -2.55. The zero-order chi connectivity index (χ0) is 22.2. The number of amides is 2. The van der Waals surface area contributed by atoms with Crippen molar-refractivity contribution in [1.82, 2.24) is 16.0 Å². The highest BCUT2D eigenvalue weighted by Gasteiger charge is 2.30. The van der Waals surface area contributed by atoms with Crippen molar-refractivity contribution in [3.63, 3.8) is 0 Å². The molecule has 2 aromatic carbocycles. The fourth-order valence-corrected chi connectivity index (χ4v) is 3.58. The first-order chi connectivity index (χ1) is 14.9. The van der Waals surface area contributed by atoms with Gasteiger partial charge >= 0.3 is 5.97 Å². The van der Waals surface area contributed by atoms with Crippen LogP contribution >= 0.6 is 0 Å². The molecule has 0 aromatic heterocycles. The predicted octanol–water partition coefficient (Wildman–Crippen LogP) is 0.984. The maximum Gasteiger partial charge on any atom is 0.326 e. The number of carboxylic acid groups (broad SMARTS) is 1. The predicted molar refractivity (Wildman–Crippen MR) is 114 cm³/mol. The van der Waals surface area contributed by atoms with Crippen molar-refractivity contribution in [2.24, 2.45) is 0 Å². The van der Waals surface area contributed by atoms with Gasteiger partial charge in [0.15, 0.2) is 0 Å². The van der Waals surface area contributed by atoms with Crippen LogP contribution in [-0.4, -0.2) is 52.7 Å². The highest BCUT2D eigenvalue weighted by atomic mass is 16.4. The number of phenolic OH excluding ortho intramolecular Hbond substituents is 1. The molecule has 31 heavy (non-hydrogen) atoms. The summed E-state index contributed by atoms with van der Waals surface area (Å²) in [6.45, 7) is 0.751. The molecule has 0 radical (unpaired) electrons. The Labute approximate surface area is 180 Å². The van der Waals surface area contributed by atoms with Crippen LogP contribution in [0.25, 0.3) is 0 Å². The van der Waals surface area contributed by atoms with Crippen molar-refractivity contribution in [2.75, 3.05) is 6.54 Å². The van der Waals surface area contributed by atoms with Gasteiger partial charge in [-0.1, -0.05) is 42.5 Å². The van der Waals surface area contributed by atoms with Crippen molar-refractivity contribution in [3.05, 3.63) is 65.7 Å². The summed E-state index contributed by atoms with van der Waals surface area (Å²) in [4.78, 5) is 37.4. The summed E-state index contributed by atoms with van der Waals surface area (Å²) < 4.78 is 0. The number of phenols is 1. The Morgan fingerprint density at radius 3 is 2.19 bits per heavy atom. The second-order valence-corrected chi connectivity index (χ2v) is 7.67. The molecule has 1 aliphatic heterocycles. The molecule has 8 heteroatoms. The second-order valence-electron chi connectivity index (χ2n) is 7.67. The molecule has 1 saturated heterocycles. The SMILES string of the molecule is O=C(O)[C@H](Cc1ccc(O)cc1)NC(=O)[C@H](Cc1ccccc1)NC(=O)[C@@H]1CCCN1. The van der Waals surface area contributed by atoms with E-state index in [1.165, 1.54) is 12.1 Å². The molecule has 5 N–H and O–H groups in total. The number of benzene rings is 2. The average molecular weight is 425 g/mol. The Bertz CT molecular complexity index is 895. The van der Waals surface area contributed by atoms with Crippen molar-refractivity contribution in [3.8, 4) is 5.75 Å². The third-order valence-electron chi connectivity index (χ3n) is 5.28. The molecule has 8 nitrogen and oxygen atoms in total. The van der Waals surface area contributed by atoms with Crippen molar-refractivity contribution < 1.29 is 24.6 Å². The lowest BCUT2D eigenvalue weighted by Gasteiger charge is -2.23. The van der Waals surface area contributed by atoms with Gasteiger partial charge in [-0.3, -0.25) is 9.59 Å². The van der Waals surface area contributed by atoms with Crippen LogP contribution in [0.3, 0.4) is 0 Å². The topological polar surface area (TPSA) is 128 Å². The van der Waals surface area contributed by atoms with Gasteiger partial charge in [-0.15, -0.1) is 0 Å². The minimum atomic E-state index is -1.18. The molecule has 0 saturated carbocycles. The Morgan fingerprint density at radius 1 is 0.935 bits per heavy atom. The van der Waals surface area contributed by atoms with Crippen LogP contribution in [0.2, 0.25) is 0 Å². The van der Waals surface area contributed by atoms with Crippen LogP contribution in [-0.2, 0) is 27.2 Å². The minimum Gasteiger partial charge on any atom is -0.508 e. The molecule has 1 fully saturated rings. The number of hydrogen-bond acceptors (Lipinski definition) is 5. The second kappa shape index (κ2) is 10.6. The largest absolute Gasteiger partial charge is 0.508 e. The summed E-state index contributed by atoms with van der Waals surface area (Å²) in [6, 6.07) is 13.0.